The Labute approximate surface area is 191 Å². The first-order valence-electron chi connectivity index (χ1n) is 12.0. The SMILES string of the molecule is CC1O[C@@]2(CN1c1ccc(N3C[C@@H]4C(COC5CCCCO5)[C@@H]4C3)c(F)c1)Oc1nocc12. The van der Waals surface area contributed by atoms with Gasteiger partial charge in [0.25, 0.3) is 11.7 Å². The van der Waals surface area contributed by atoms with E-state index in [0.29, 0.717) is 35.9 Å². The number of nitrogens with zero attached hydrogens (tertiary/aromatic N) is 3. The molecule has 1 aliphatic carbocycles. The summed E-state index contributed by atoms with van der Waals surface area (Å²) >= 11 is 0. The maximum absolute atomic E-state index is 15.2. The largest absolute Gasteiger partial charge is 0.436 e. The van der Waals surface area contributed by atoms with Crippen molar-refractivity contribution in [2.45, 2.75) is 44.5 Å². The van der Waals surface area contributed by atoms with Crippen LogP contribution in [0.2, 0.25) is 0 Å². The van der Waals surface area contributed by atoms with Crippen molar-refractivity contribution in [3.63, 3.8) is 0 Å². The standard InChI is InChI=1S/C24H28FN3O5/c1-14-28(13-24(32-14)19-12-31-26-23(19)33-24)15-5-6-21(20(25)8-15)27-9-16-17(10-27)18(16)11-30-22-4-2-3-7-29-22/h5-6,8,12,14,16-18,22H,2-4,7,9-11,13H2,1H3/t14?,16-,17+,18?,22?,24-/m0/s1. The molecule has 4 aliphatic heterocycles. The van der Waals surface area contributed by atoms with Gasteiger partial charge in [0.2, 0.25) is 0 Å². The number of aromatic nitrogens is 1. The van der Waals surface area contributed by atoms with E-state index in [1.54, 1.807) is 12.3 Å². The van der Waals surface area contributed by atoms with Crippen LogP contribution >= 0.6 is 0 Å². The molecule has 0 amide bonds. The Kier molecular flexibility index (Phi) is 4.45. The van der Waals surface area contributed by atoms with Gasteiger partial charge >= 0.3 is 0 Å². The smallest absolute Gasteiger partial charge is 0.267 e. The average Bonchev–Trinajstić information content (AvgIpc) is 3.19. The molecule has 2 aromatic rings. The fourth-order valence-corrected chi connectivity index (χ4v) is 6.04. The summed E-state index contributed by atoms with van der Waals surface area (Å²) in [5, 5.41) is 3.79. The maximum atomic E-state index is 15.2. The summed E-state index contributed by atoms with van der Waals surface area (Å²) in [5.74, 6) is 1.15. The van der Waals surface area contributed by atoms with Crippen molar-refractivity contribution in [1.29, 1.82) is 0 Å². The third kappa shape index (κ3) is 3.16. The molecule has 33 heavy (non-hydrogen) atoms. The molecule has 5 aliphatic rings. The first kappa shape index (κ1) is 20.1. The number of anilines is 2. The van der Waals surface area contributed by atoms with E-state index in [0.717, 1.165) is 50.4 Å². The molecule has 3 saturated heterocycles. The van der Waals surface area contributed by atoms with Crippen LogP contribution in [0.5, 0.6) is 5.88 Å². The van der Waals surface area contributed by atoms with E-state index in [9.17, 15) is 0 Å². The summed E-state index contributed by atoms with van der Waals surface area (Å²) in [7, 11) is 0. The number of piperidine rings is 1. The lowest BCUT2D eigenvalue weighted by Crippen LogP contribution is -2.44. The number of ether oxygens (including phenoxy) is 4. The molecule has 8 nitrogen and oxygen atoms in total. The van der Waals surface area contributed by atoms with Gasteiger partial charge in [-0.3, -0.25) is 0 Å². The monoisotopic (exact) mass is 457 g/mol. The second kappa shape index (κ2) is 7.32. The molecule has 1 aromatic carbocycles. The fourth-order valence-electron chi connectivity index (χ4n) is 6.04. The van der Waals surface area contributed by atoms with Crippen LogP contribution in [0.4, 0.5) is 15.8 Å². The van der Waals surface area contributed by atoms with Gasteiger partial charge in [0.15, 0.2) is 6.29 Å². The number of halogens is 1. The number of hydrogen-bond donors (Lipinski definition) is 0. The van der Waals surface area contributed by atoms with Crippen LogP contribution in [0.3, 0.4) is 0 Å². The Balaban J connectivity index is 0.980. The highest BCUT2D eigenvalue weighted by Gasteiger charge is 2.58. The molecule has 6 atom stereocenters. The highest BCUT2D eigenvalue weighted by Crippen LogP contribution is 2.53. The molecule has 1 aromatic heterocycles. The van der Waals surface area contributed by atoms with E-state index >= 15 is 4.39 Å². The number of benzene rings is 1. The van der Waals surface area contributed by atoms with E-state index in [1.807, 2.05) is 24.0 Å². The molecule has 0 N–H and O–H groups in total. The summed E-state index contributed by atoms with van der Waals surface area (Å²) in [6.45, 7) is 5.74. The molecule has 0 bridgehead atoms. The van der Waals surface area contributed by atoms with Crippen molar-refractivity contribution in [2.75, 3.05) is 42.6 Å². The number of rotatable bonds is 5. The fraction of sp³-hybridized carbons (Fsp3) is 0.625. The zero-order valence-electron chi connectivity index (χ0n) is 18.6. The van der Waals surface area contributed by atoms with E-state index in [4.69, 9.17) is 23.5 Å². The van der Waals surface area contributed by atoms with Crippen LogP contribution in [0.25, 0.3) is 0 Å². The minimum absolute atomic E-state index is 0.0287. The van der Waals surface area contributed by atoms with E-state index in [-0.39, 0.29) is 18.3 Å². The molecule has 1 saturated carbocycles. The van der Waals surface area contributed by atoms with Gasteiger partial charge < -0.3 is 33.3 Å². The molecule has 4 fully saturated rings. The maximum Gasteiger partial charge on any atom is 0.267 e. The topological polar surface area (TPSA) is 69.4 Å². The Morgan fingerprint density at radius 1 is 1.24 bits per heavy atom. The van der Waals surface area contributed by atoms with Crippen molar-refractivity contribution < 1.29 is 27.9 Å². The lowest BCUT2D eigenvalue weighted by atomic mass is 10.1. The van der Waals surface area contributed by atoms with Gasteiger partial charge in [-0.25, -0.2) is 4.39 Å². The van der Waals surface area contributed by atoms with Crippen LogP contribution in [-0.4, -0.2) is 50.5 Å². The molecule has 9 heteroatoms. The third-order valence-electron chi connectivity index (χ3n) is 7.97. The lowest BCUT2D eigenvalue weighted by Gasteiger charge is -2.34. The van der Waals surface area contributed by atoms with Crippen LogP contribution in [0, 0.1) is 23.6 Å². The van der Waals surface area contributed by atoms with Crippen LogP contribution in [-0.2, 0) is 20.0 Å². The van der Waals surface area contributed by atoms with Gasteiger partial charge in [0, 0.05) is 25.4 Å². The number of fused-ring (bicyclic) bond motifs is 3. The molecular formula is C24H28FN3O5. The highest BCUT2D eigenvalue weighted by molar-refractivity contribution is 5.60. The third-order valence-corrected chi connectivity index (χ3v) is 7.97. The van der Waals surface area contributed by atoms with Crippen molar-refractivity contribution in [1.82, 2.24) is 5.16 Å². The van der Waals surface area contributed by atoms with E-state index in [2.05, 4.69) is 10.1 Å². The van der Waals surface area contributed by atoms with E-state index in [1.165, 1.54) is 6.42 Å². The lowest BCUT2D eigenvalue weighted by molar-refractivity contribution is -0.202. The quantitative estimate of drug-likeness (QED) is 0.676. The first-order chi connectivity index (χ1) is 16.1. The molecule has 1 spiro atoms. The summed E-state index contributed by atoms with van der Waals surface area (Å²) < 4.78 is 43.6. The van der Waals surface area contributed by atoms with E-state index < -0.39 is 5.79 Å². The zero-order valence-corrected chi connectivity index (χ0v) is 18.6. The molecule has 176 valence electrons. The summed E-state index contributed by atoms with van der Waals surface area (Å²) in [6.07, 6.45) is 4.58. The normalized spacial score (nSPS) is 36.5. The minimum atomic E-state index is -0.875. The molecular weight excluding hydrogens is 429 g/mol. The van der Waals surface area contributed by atoms with Gasteiger partial charge in [-0.1, -0.05) is 0 Å². The van der Waals surface area contributed by atoms with Gasteiger partial charge in [0.1, 0.15) is 23.9 Å². The molecule has 7 rings (SSSR count). The van der Waals surface area contributed by atoms with Crippen molar-refractivity contribution in [3.05, 3.63) is 35.8 Å². The summed E-state index contributed by atoms with van der Waals surface area (Å²) in [5.41, 5.74) is 2.25. The number of hydrogen-bond acceptors (Lipinski definition) is 8. The Morgan fingerprint density at radius 2 is 2.12 bits per heavy atom. The van der Waals surface area contributed by atoms with Crippen LogP contribution < -0.4 is 14.5 Å². The Morgan fingerprint density at radius 3 is 2.88 bits per heavy atom. The second-order valence-electron chi connectivity index (χ2n) is 9.90. The Hall–Kier alpha value is -2.36. The molecule has 3 unspecified atom stereocenters. The second-order valence-corrected chi connectivity index (χ2v) is 9.90. The van der Waals surface area contributed by atoms with Crippen molar-refractivity contribution in [2.24, 2.45) is 17.8 Å². The average molecular weight is 458 g/mol. The summed E-state index contributed by atoms with van der Waals surface area (Å²) in [6, 6.07) is 5.46. The molecule has 0 radical (unpaired) electrons. The van der Waals surface area contributed by atoms with Gasteiger partial charge in [0.05, 0.1) is 18.8 Å². The van der Waals surface area contributed by atoms with Gasteiger partial charge in [-0.2, -0.15) is 0 Å². The van der Waals surface area contributed by atoms with Crippen molar-refractivity contribution in [3.8, 4) is 5.88 Å². The van der Waals surface area contributed by atoms with Gasteiger partial charge in [-0.15, -0.1) is 0 Å². The van der Waals surface area contributed by atoms with Crippen molar-refractivity contribution >= 4 is 11.4 Å². The zero-order chi connectivity index (χ0) is 22.2. The van der Waals surface area contributed by atoms with Crippen LogP contribution in [0.1, 0.15) is 31.7 Å². The highest BCUT2D eigenvalue weighted by atomic mass is 19.1. The first-order valence-corrected chi connectivity index (χ1v) is 12.0. The minimum Gasteiger partial charge on any atom is -0.436 e. The Bertz CT molecular complexity index is 1050. The van der Waals surface area contributed by atoms with Crippen LogP contribution in [0.15, 0.2) is 29.0 Å². The summed E-state index contributed by atoms with van der Waals surface area (Å²) in [4.78, 5) is 4.18. The van der Waals surface area contributed by atoms with Gasteiger partial charge in [-0.05, 0) is 67.3 Å². The predicted octanol–water partition coefficient (Wildman–Crippen LogP) is 3.47. The molecule has 5 heterocycles. The predicted molar refractivity (Wildman–Crippen MR) is 115 cm³/mol.